The summed E-state index contributed by atoms with van der Waals surface area (Å²) in [5.41, 5.74) is 4.17. The fourth-order valence-corrected chi connectivity index (χ4v) is 6.31. The quantitative estimate of drug-likeness (QED) is 0.337. The van der Waals surface area contributed by atoms with Gasteiger partial charge in [0.1, 0.15) is 12.2 Å². The maximum Gasteiger partial charge on any atom is 0.407 e. The first-order valence-corrected chi connectivity index (χ1v) is 12.9. The Morgan fingerprint density at radius 3 is 2.29 bits per heavy atom. The molecular weight excluding hydrogens is 482 g/mol. The maximum atomic E-state index is 13.2. The highest BCUT2D eigenvalue weighted by Crippen LogP contribution is 2.46. The Hall–Kier alpha value is -4.08. The molecular formula is C29H29N5O4. The molecule has 3 N–H and O–H groups in total. The third kappa shape index (κ3) is 3.25. The summed E-state index contributed by atoms with van der Waals surface area (Å²) in [4.78, 5) is 27.7. The molecule has 0 spiro atoms. The molecule has 0 aliphatic carbocycles. The van der Waals surface area contributed by atoms with Gasteiger partial charge in [-0.15, -0.1) is 0 Å². The van der Waals surface area contributed by atoms with Gasteiger partial charge in [-0.25, -0.2) is 4.79 Å². The third-order valence-electron chi connectivity index (χ3n) is 7.88. The lowest BCUT2D eigenvalue weighted by molar-refractivity contribution is -0.0423. The molecule has 0 radical (unpaired) electrons. The fourth-order valence-electron chi connectivity index (χ4n) is 6.31. The number of ether oxygens (including phenoxy) is 1. The molecule has 1 unspecified atom stereocenters. The number of aliphatic hydroxyl groups is 1. The number of carbonyl (C=O) groups is 2. The Bertz CT molecular complexity index is 1800. The molecule has 5 aromatic rings. The second-order valence-electron chi connectivity index (χ2n) is 10.7. The summed E-state index contributed by atoms with van der Waals surface area (Å²) >= 11 is 0. The summed E-state index contributed by atoms with van der Waals surface area (Å²) < 4.78 is 9.83. The number of carbonyl (C=O) groups excluding carboxylic acids is 2. The van der Waals surface area contributed by atoms with Crippen molar-refractivity contribution in [3.8, 4) is 0 Å². The van der Waals surface area contributed by atoms with Crippen LogP contribution in [-0.2, 0) is 24.4 Å². The molecule has 194 valence electrons. The predicted octanol–water partition coefficient (Wildman–Crippen LogP) is 3.18. The van der Waals surface area contributed by atoms with Crippen molar-refractivity contribution < 1.29 is 19.4 Å². The van der Waals surface area contributed by atoms with Crippen molar-refractivity contribution in [3.05, 3.63) is 59.7 Å². The predicted molar refractivity (Wildman–Crippen MR) is 146 cm³/mol. The molecule has 9 heteroatoms. The van der Waals surface area contributed by atoms with Gasteiger partial charge in [-0.2, -0.15) is 0 Å². The maximum absolute atomic E-state index is 13.2. The largest absolute Gasteiger partial charge is 0.446 e. The number of nitrogens with one attached hydrogen (secondary N) is 2. The normalized spacial score (nSPS) is 18.6. The molecule has 0 saturated heterocycles. The molecule has 2 amide bonds. The number of rotatable bonds is 5. The monoisotopic (exact) mass is 511 g/mol. The zero-order chi connectivity index (χ0) is 26.2. The molecule has 7 rings (SSSR count). The van der Waals surface area contributed by atoms with E-state index in [1.807, 2.05) is 61.5 Å². The van der Waals surface area contributed by atoms with Gasteiger partial charge in [0.25, 0.3) is 5.91 Å². The first-order valence-electron chi connectivity index (χ1n) is 12.9. The molecule has 2 aromatic heterocycles. The van der Waals surface area contributed by atoms with Crippen LogP contribution in [0.25, 0.3) is 43.6 Å². The van der Waals surface area contributed by atoms with E-state index in [-0.39, 0.29) is 25.6 Å². The van der Waals surface area contributed by atoms with Crippen LogP contribution in [0, 0.1) is 0 Å². The van der Waals surface area contributed by atoms with E-state index < -0.39 is 11.7 Å². The van der Waals surface area contributed by atoms with Crippen LogP contribution >= 0.6 is 0 Å². The van der Waals surface area contributed by atoms with E-state index in [4.69, 9.17) is 4.74 Å². The topological polar surface area (TPSA) is 101 Å². The van der Waals surface area contributed by atoms with Gasteiger partial charge in [0.15, 0.2) is 0 Å². The molecule has 2 aliphatic rings. The summed E-state index contributed by atoms with van der Waals surface area (Å²) in [5, 5.41) is 21.8. The number of fused-ring (bicyclic) bond motifs is 9. The Kier molecular flexibility index (Phi) is 4.98. The van der Waals surface area contributed by atoms with E-state index in [2.05, 4.69) is 25.8 Å². The van der Waals surface area contributed by atoms with Crippen LogP contribution in [0.2, 0.25) is 0 Å². The molecule has 38 heavy (non-hydrogen) atoms. The molecule has 0 saturated carbocycles. The lowest BCUT2D eigenvalue weighted by atomic mass is 9.97. The van der Waals surface area contributed by atoms with Crippen molar-refractivity contribution in [2.75, 3.05) is 33.8 Å². The number of likely N-dealkylation sites (N-methyl/N-ethyl adjacent to an activating group) is 1. The molecule has 0 bridgehead atoms. The van der Waals surface area contributed by atoms with Gasteiger partial charge >= 0.3 is 6.09 Å². The second kappa shape index (κ2) is 8.21. The fraction of sp³-hybridized carbons (Fsp3) is 0.310. The average Bonchev–Trinajstić information content (AvgIpc) is 3.50. The number of alkyl carbamates (subject to hydrolysis) is 1. The number of benzene rings is 3. The lowest BCUT2D eigenvalue weighted by Crippen LogP contribution is -2.44. The van der Waals surface area contributed by atoms with Gasteiger partial charge in [0.2, 0.25) is 0 Å². The number of amides is 2. The number of nitrogens with zero attached hydrogens (tertiary/aromatic N) is 3. The van der Waals surface area contributed by atoms with Crippen molar-refractivity contribution in [1.82, 2.24) is 24.7 Å². The number of hydrogen-bond acceptors (Lipinski definition) is 5. The van der Waals surface area contributed by atoms with Gasteiger partial charge in [-0.3, -0.25) is 4.79 Å². The highest BCUT2D eigenvalue weighted by atomic mass is 16.6. The average molecular weight is 512 g/mol. The first-order chi connectivity index (χ1) is 18.4. The van der Waals surface area contributed by atoms with Crippen LogP contribution in [0.1, 0.15) is 15.9 Å². The molecule has 0 fully saturated rings. The second-order valence-corrected chi connectivity index (χ2v) is 10.7. The standard InChI is InChI=1S/C29H29N5O4/c1-32(2)12-11-30-28(36)38-16-29(37)14-33-20-9-5-3-7-17(20)22-19-13-31-27(35)24(19)23-18-8-4-6-10-21(18)34(15-29)26(23)25(22)33/h3-10,37H,11-16H2,1-2H3,(H,30,36)(H,31,35). The SMILES string of the molecule is CN(C)CCNC(=O)OCC1(O)Cn2c3ccccc3c3c4c(c5c6ccccc6n(c5c32)C1)C(=O)NC4. The van der Waals surface area contributed by atoms with E-state index in [1.54, 1.807) is 0 Å². The van der Waals surface area contributed by atoms with E-state index in [1.165, 1.54) is 0 Å². The van der Waals surface area contributed by atoms with E-state index in [0.717, 1.165) is 49.2 Å². The summed E-state index contributed by atoms with van der Waals surface area (Å²) in [7, 11) is 3.87. The van der Waals surface area contributed by atoms with Crippen LogP contribution in [-0.4, -0.2) is 70.5 Å². The zero-order valence-corrected chi connectivity index (χ0v) is 21.4. The lowest BCUT2D eigenvalue weighted by Gasteiger charge is -2.28. The Morgan fingerprint density at radius 1 is 1.03 bits per heavy atom. The molecule has 3 aromatic carbocycles. The number of aromatic nitrogens is 2. The van der Waals surface area contributed by atoms with Crippen molar-refractivity contribution in [3.63, 3.8) is 0 Å². The first kappa shape index (κ1) is 23.1. The Balaban J connectivity index is 1.45. The summed E-state index contributed by atoms with van der Waals surface area (Å²) in [6.45, 7) is 1.90. The van der Waals surface area contributed by atoms with E-state index in [9.17, 15) is 14.7 Å². The van der Waals surface area contributed by atoms with Crippen LogP contribution < -0.4 is 10.6 Å². The minimum absolute atomic E-state index is 0.0705. The summed E-state index contributed by atoms with van der Waals surface area (Å²) in [6.07, 6.45) is -0.553. The molecule has 2 aliphatic heterocycles. The molecule has 9 nitrogen and oxygen atoms in total. The van der Waals surface area contributed by atoms with Crippen molar-refractivity contribution in [2.24, 2.45) is 0 Å². The number of para-hydroxylation sites is 2. The van der Waals surface area contributed by atoms with Gasteiger partial charge in [-0.1, -0.05) is 36.4 Å². The molecule has 4 heterocycles. The van der Waals surface area contributed by atoms with Gasteiger partial charge in [-0.05, 0) is 31.8 Å². The van der Waals surface area contributed by atoms with Crippen LogP contribution in [0.5, 0.6) is 0 Å². The van der Waals surface area contributed by atoms with Gasteiger partial charge < -0.3 is 34.5 Å². The van der Waals surface area contributed by atoms with E-state index in [0.29, 0.717) is 25.2 Å². The third-order valence-corrected chi connectivity index (χ3v) is 7.88. The smallest absolute Gasteiger partial charge is 0.407 e. The van der Waals surface area contributed by atoms with Crippen LogP contribution in [0.15, 0.2) is 48.5 Å². The summed E-state index contributed by atoms with van der Waals surface area (Å²) in [6, 6.07) is 16.1. The van der Waals surface area contributed by atoms with Crippen LogP contribution in [0.4, 0.5) is 4.79 Å². The van der Waals surface area contributed by atoms with Crippen molar-refractivity contribution in [1.29, 1.82) is 0 Å². The van der Waals surface area contributed by atoms with Crippen molar-refractivity contribution in [2.45, 2.75) is 25.2 Å². The number of hydrogen-bond donors (Lipinski definition) is 3. The van der Waals surface area contributed by atoms with Crippen LogP contribution in [0.3, 0.4) is 0 Å². The Labute approximate surface area is 218 Å². The van der Waals surface area contributed by atoms with Gasteiger partial charge in [0, 0.05) is 52.2 Å². The highest BCUT2D eigenvalue weighted by molar-refractivity contribution is 6.30. The summed E-state index contributed by atoms with van der Waals surface area (Å²) in [5.74, 6) is -0.0705. The minimum atomic E-state index is -1.38. The van der Waals surface area contributed by atoms with Crippen molar-refractivity contribution >= 4 is 55.6 Å². The van der Waals surface area contributed by atoms with Gasteiger partial charge in [0.05, 0.1) is 29.7 Å². The Morgan fingerprint density at radius 2 is 1.63 bits per heavy atom. The minimum Gasteiger partial charge on any atom is -0.446 e. The van der Waals surface area contributed by atoms with E-state index >= 15 is 0 Å². The zero-order valence-electron chi connectivity index (χ0n) is 21.4. The molecule has 1 atom stereocenters. The highest BCUT2D eigenvalue weighted by Gasteiger charge is 2.39.